The van der Waals surface area contributed by atoms with Crippen LogP contribution in [-0.2, 0) is 23.6 Å². The van der Waals surface area contributed by atoms with Crippen LogP contribution >= 0.6 is 0 Å². The molecule has 0 bridgehead atoms. The number of rotatable bonds is 6. The number of aromatic nitrogens is 3. The van der Waals surface area contributed by atoms with Gasteiger partial charge >= 0.3 is 6.03 Å². The van der Waals surface area contributed by atoms with Gasteiger partial charge in [0.1, 0.15) is 5.82 Å². The molecular weight excluding hydrogens is 456 g/mol. The minimum absolute atomic E-state index is 0.0558. The number of hydrogen-bond acceptors (Lipinski definition) is 6. The van der Waals surface area contributed by atoms with Crippen molar-refractivity contribution in [2.75, 3.05) is 10.0 Å². The number of pyridine rings is 1. The Labute approximate surface area is 195 Å². The number of benzene rings is 2. The van der Waals surface area contributed by atoms with E-state index in [1.54, 1.807) is 44.6 Å². The Morgan fingerprint density at radius 3 is 2.50 bits per heavy atom. The van der Waals surface area contributed by atoms with E-state index in [0.717, 1.165) is 5.56 Å². The minimum atomic E-state index is -3.95. The van der Waals surface area contributed by atoms with Crippen LogP contribution in [0.3, 0.4) is 0 Å². The van der Waals surface area contributed by atoms with Crippen LogP contribution in [0.1, 0.15) is 11.4 Å². The van der Waals surface area contributed by atoms with Gasteiger partial charge in [-0.1, -0.05) is 6.07 Å². The van der Waals surface area contributed by atoms with Crippen molar-refractivity contribution in [3.63, 3.8) is 0 Å². The maximum absolute atomic E-state index is 12.9. The maximum Gasteiger partial charge on any atom is 0.319 e. The van der Waals surface area contributed by atoms with E-state index in [9.17, 15) is 18.0 Å². The molecule has 2 aromatic heterocycles. The van der Waals surface area contributed by atoms with Crippen LogP contribution in [0.4, 0.5) is 16.2 Å². The Balaban J connectivity index is 1.44. The van der Waals surface area contributed by atoms with E-state index in [-0.39, 0.29) is 15.8 Å². The quantitative estimate of drug-likeness (QED) is 0.390. The smallest absolute Gasteiger partial charge is 0.319 e. The third kappa shape index (κ3) is 5.04. The first kappa shape index (κ1) is 22.9. The lowest BCUT2D eigenvalue weighted by Gasteiger charge is -2.11. The topological polar surface area (TPSA) is 135 Å². The second kappa shape index (κ2) is 9.32. The van der Waals surface area contributed by atoms with Crippen molar-refractivity contribution >= 4 is 38.3 Å². The lowest BCUT2D eigenvalue weighted by atomic mass is 10.2. The second-order valence-electron chi connectivity index (χ2n) is 7.55. The van der Waals surface area contributed by atoms with Crippen LogP contribution in [0.25, 0.3) is 10.9 Å². The van der Waals surface area contributed by atoms with Crippen molar-refractivity contribution < 1.29 is 13.2 Å². The summed E-state index contributed by atoms with van der Waals surface area (Å²) in [5.41, 5.74) is 1.76. The summed E-state index contributed by atoms with van der Waals surface area (Å²) in [6, 6.07) is 13.7. The van der Waals surface area contributed by atoms with Gasteiger partial charge in [0.15, 0.2) is 0 Å². The predicted octanol–water partition coefficient (Wildman–Crippen LogP) is 2.76. The SMILES string of the molecule is Cc1nc2ccc(S(=O)(=O)Nc3ccc(NC(=O)NCc4cccnc4)cc3)cc2c(=O)n1C. The molecule has 0 spiro atoms. The van der Waals surface area contributed by atoms with Crippen LogP contribution in [-0.4, -0.2) is 29.0 Å². The molecule has 0 unspecified atom stereocenters. The molecule has 0 saturated heterocycles. The van der Waals surface area contributed by atoms with Gasteiger partial charge in [-0.05, 0) is 61.0 Å². The van der Waals surface area contributed by atoms with Gasteiger partial charge in [0.05, 0.1) is 15.8 Å². The Bertz CT molecular complexity index is 1520. The number of amides is 2. The highest BCUT2D eigenvalue weighted by molar-refractivity contribution is 7.92. The molecule has 34 heavy (non-hydrogen) atoms. The molecule has 0 atom stereocenters. The molecule has 0 saturated carbocycles. The van der Waals surface area contributed by atoms with Crippen molar-refractivity contribution in [2.24, 2.45) is 7.05 Å². The zero-order valence-corrected chi connectivity index (χ0v) is 19.3. The summed E-state index contributed by atoms with van der Waals surface area (Å²) in [6.45, 7) is 2.03. The van der Waals surface area contributed by atoms with Crippen LogP contribution in [0, 0.1) is 6.92 Å². The molecule has 4 aromatic rings. The molecule has 11 heteroatoms. The van der Waals surface area contributed by atoms with Crippen LogP contribution in [0.2, 0.25) is 0 Å². The van der Waals surface area contributed by atoms with Gasteiger partial charge in [-0.15, -0.1) is 0 Å². The van der Waals surface area contributed by atoms with Gasteiger partial charge in [-0.3, -0.25) is 19.1 Å². The Morgan fingerprint density at radius 1 is 1.06 bits per heavy atom. The Hall–Kier alpha value is -4.25. The number of hydrogen-bond donors (Lipinski definition) is 3. The third-order valence-corrected chi connectivity index (χ3v) is 6.53. The number of anilines is 2. The van der Waals surface area contributed by atoms with Crippen molar-refractivity contribution in [3.8, 4) is 0 Å². The molecule has 0 aliphatic heterocycles. The van der Waals surface area contributed by atoms with Gasteiger partial charge in [-0.25, -0.2) is 18.2 Å². The number of fused-ring (bicyclic) bond motifs is 1. The molecule has 2 aromatic carbocycles. The number of urea groups is 1. The lowest BCUT2D eigenvalue weighted by Crippen LogP contribution is -2.28. The van der Waals surface area contributed by atoms with Gasteiger partial charge in [0.25, 0.3) is 15.6 Å². The highest BCUT2D eigenvalue weighted by atomic mass is 32.2. The van der Waals surface area contributed by atoms with Gasteiger partial charge in [0, 0.05) is 37.4 Å². The number of aryl methyl sites for hydroxylation is 1. The predicted molar refractivity (Wildman–Crippen MR) is 129 cm³/mol. The van der Waals surface area contributed by atoms with Crippen LogP contribution < -0.4 is 20.9 Å². The Morgan fingerprint density at radius 2 is 1.79 bits per heavy atom. The molecule has 2 heterocycles. The summed E-state index contributed by atoms with van der Waals surface area (Å²) in [6.07, 6.45) is 3.31. The van der Waals surface area contributed by atoms with E-state index >= 15 is 0 Å². The van der Waals surface area contributed by atoms with E-state index in [0.29, 0.717) is 29.3 Å². The second-order valence-corrected chi connectivity index (χ2v) is 9.24. The fourth-order valence-electron chi connectivity index (χ4n) is 3.22. The summed E-state index contributed by atoms with van der Waals surface area (Å²) in [5, 5.41) is 5.61. The first-order chi connectivity index (χ1) is 16.2. The van der Waals surface area contributed by atoms with Gasteiger partial charge < -0.3 is 10.6 Å². The molecule has 0 radical (unpaired) electrons. The van der Waals surface area contributed by atoms with Crippen LogP contribution in [0.15, 0.2) is 76.7 Å². The largest absolute Gasteiger partial charge is 0.334 e. The molecule has 3 N–H and O–H groups in total. The standard InChI is InChI=1S/C23H22N6O4S/c1-15-26-21-10-9-19(12-20(21)22(30)29(15)2)34(32,33)28-18-7-5-17(6-8-18)27-23(31)25-14-16-4-3-11-24-13-16/h3-13,28H,14H2,1-2H3,(H2,25,27,31). The number of nitrogens with zero attached hydrogens (tertiary/aromatic N) is 3. The van der Waals surface area contributed by atoms with E-state index in [4.69, 9.17) is 0 Å². The molecule has 174 valence electrons. The summed E-state index contributed by atoms with van der Waals surface area (Å²) >= 11 is 0. The summed E-state index contributed by atoms with van der Waals surface area (Å²) in [7, 11) is -2.37. The number of carbonyl (C=O) groups is 1. The fourth-order valence-corrected chi connectivity index (χ4v) is 4.31. The zero-order chi connectivity index (χ0) is 24.3. The van der Waals surface area contributed by atoms with Crippen molar-refractivity contribution in [1.82, 2.24) is 19.9 Å². The number of nitrogens with one attached hydrogen (secondary N) is 3. The molecule has 10 nitrogen and oxygen atoms in total. The fraction of sp³-hybridized carbons (Fsp3) is 0.130. The molecule has 0 aliphatic rings. The third-order valence-electron chi connectivity index (χ3n) is 5.15. The number of sulfonamides is 1. The van der Waals surface area contributed by atoms with E-state index < -0.39 is 16.1 Å². The lowest BCUT2D eigenvalue weighted by molar-refractivity contribution is 0.251. The molecule has 2 amide bonds. The first-order valence-electron chi connectivity index (χ1n) is 10.3. The van der Waals surface area contributed by atoms with E-state index in [1.807, 2.05) is 6.07 Å². The average Bonchev–Trinajstić information content (AvgIpc) is 2.83. The maximum atomic E-state index is 12.9. The zero-order valence-electron chi connectivity index (χ0n) is 18.4. The molecular formula is C23H22N6O4S. The van der Waals surface area contributed by atoms with E-state index in [2.05, 4.69) is 25.3 Å². The highest BCUT2D eigenvalue weighted by Crippen LogP contribution is 2.20. The normalized spacial score (nSPS) is 11.2. The molecule has 0 aliphatic carbocycles. The summed E-state index contributed by atoms with van der Waals surface area (Å²) in [4.78, 5) is 32.8. The van der Waals surface area contributed by atoms with Gasteiger partial charge in [0.2, 0.25) is 0 Å². The van der Waals surface area contributed by atoms with Crippen molar-refractivity contribution in [2.45, 2.75) is 18.4 Å². The highest BCUT2D eigenvalue weighted by Gasteiger charge is 2.17. The van der Waals surface area contributed by atoms with Gasteiger partial charge in [-0.2, -0.15) is 0 Å². The first-order valence-corrected chi connectivity index (χ1v) is 11.8. The summed E-state index contributed by atoms with van der Waals surface area (Å²) in [5.74, 6) is 0.533. The minimum Gasteiger partial charge on any atom is -0.334 e. The monoisotopic (exact) mass is 478 g/mol. The van der Waals surface area contributed by atoms with Crippen LogP contribution in [0.5, 0.6) is 0 Å². The van der Waals surface area contributed by atoms with Crippen molar-refractivity contribution in [3.05, 3.63) is 88.7 Å². The molecule has 0 fully saturated rings. The summed E-state index contributed by atoms with van der Waals surface area (Å²) < 4.78 is 29.6. The Kier molecular flexibility index (Phi) is 6.28. The number of carbonyl (C=O) groups excluding carboxylic acids is 1. The van der Waals surface area contributed by atoms with E-state index in [1.165, 1.54) is 34.9 Å². The molecule has 4 rings (SSSR count). The average molecular weight is 479 g/mol. The van der Waals surface area contributed by atoms with Crippen molar-refractivity contribution in [1.29, 1.82) is 0 Å².